The minimum absolute atomic E-state index is 0.0806. The van der Waals surface area contributed by atoms with Crippen molar-refractivity contribution in [3.05, 3.63) is 47.9 Å². The normalized spacial score (nSPS) is 18.2. The molecule has 1 aliphatic heterocycles. The molecule has 1 amide bonds. The molecule has 0 saturated carbocycles. The second-order valence-corrected chi connectivity index (χ2v) is 5.91. The minimum atomic E-state index is -0.226. The Morgan fingerprint density at radius 1 is 1.42 bits per heavy atom. The summed E-state index contributed by atoms with van der Waals surface area (Å²) in [6, 6.07) is 1.78. The molecule has 0 aromatic carbocycles. The van der Waals surface area contributed by atoms with Crippen molar-refractivity contribution >= 4 is 11.6 Å². The quantitative estimate of drug-likeness (QED) is 0.702. The molecule has 0 spiro atoms. The maximum Gasteiger partial charge on any atom is 0.259 e. The van der Waals surface area contributed by atoms with E-state index in [1.165, 1.54) is 0 Å². The summed E-state index contributed by atoms with van der Waals surface area (Å²) in [7, 11) is 1.94. The molecule has 24 heavy (non-hydrogen) atoms. The molecule has 1 atom stereocenters. The van der Waals surface area contributed by atoms with E-state index in [4.69, 9.17) is 4.74 Å². The van der Waals surface area contributed by atoms with E-state index >= 15 is 0 Å². The highest BCUT2D eigenvalue weighted by atomic mass is 16.5. The summed E-state index contributed by atoms with van der Waals surface area (Å²) in [6.07, 6.45) is 6.73. The number of hydrogen-bond donors (Lipinski definition) is 0. The average molecular weight is 326 g/mol. The van der Waals surface area contributed by atoms with Crippen molar-refractivity contribution in [2.24, 2.45) is 7.05 Å². The van der Waals surface area contributed by atoms with Crippen LogP contribution in [0.3, 0.4) is 0 Å². The number of carbonyl (C=O) groups is 1. The van der Waals surface area contributed by atoms with Gasteiger partial charge in [0.15, 0.2) is 5.65 Å². The molecule has 8 nitrogen and oxygen atoms in total. The van der Waals surface area contributed by atoms with Crippen LogP contribution in [0.25, 0.3) is 5.65 Å². The Balaban J connectivity index is 1.60. The first-order chi connectivity index (χ1) is 11.6. The first kappa shape index (κ1) is 14.8. The van der Waals surface area contributed by atoms with E-state index < -0.39 is 0 Å². The average Bonchev–Trinajstić information content (AvgIpc) is 3.17. The Morgan fingerprint density at radius 2 is 2.29 bits per heavy atom. The number of ether oxygens (including phenoxy) is 1. The maximum atomic E-state index is 12.9. The first-order valence-electron chi connectivity index (χ1n) is 7.82. The van der Waals surface area contributed by atoms with E-state index in [-0.39, 0.29) is 12.0 Å². The Hall–Kier alpha value is -2.74. The van der Waals surface area contributed by atoms with E-state index in [2.05, 4.69) is 15.1 Å². The number of amides is 1. The van der Waals surface area contributed by atoms with Crippen LogP contribution in [0.2, 0.25) is 0 Å². The summed E-state index contributed by atoms with van der Waals surface area (Å²) in [5.74, 6) is 0.755. The van der Waals surface area contributed by atoms with Gasteiger partial charge in [-0.25, -0.2) is 14.5 Å². The van der Waals surface area contributed by atoms with E-state index in [0.29, 0.717) is 30.9 Å². The number of morpholine rings is 1. The first-order valence-corrected chi connectivity index (χ1v) is 7.82. The van der Waals surface area contributed by atoms with Crippen LogP contribution in [0.15, 0.2) is 30.9 Å². The summed E-state index contributed by atoms with van der Waals surface area (Å²) < 4.78 is 9.38. The molecule has 1 aliphatic rings. The molecule has 0 aliphatic carbocycles. The SMILES string of the molecule is Cc1cn(C)c([C@@H]2CN(C(=O)c3cnn4cccnc34)CCO2)n1. The Morgan fingerprint density at radius 3 is 3.08 bits per heavy atom. The summed E-state index contributed by atoms with van der Waals surface area (Å²) in [5.41, 5.74) is 2.01. The molecule has 1 fully saturated rings. The highest BCUT2D eigenvalue weighted by molar-refractivity contribution is 5.99. The lowest BCUT2D eigenvalue weighted by atomic mass is 10.2. The van der Waals surface area contributed by atoms with Gasteiger partial charge in [0, 0.05) is 32.2 Å². The molecule has 0 unspecified atom stereocenters. The lowest BCUT2D eigenvalue weighted by Gasteiger charge is -2.32. The fourth-order valence-electron chi connectivity index (χ4n) is 3.07. The minimum Gasteiger partial charge on any atom is -0.367 e. The zero-order valence-electron chi connectivity index (χ0n) is 13.6. The van der Waals surface area contributed by atoms with Gasteiger partial charge in [0.2, 0.25) is 0 Å². The predicted molar refractivity (Wildman–Crippen MR) is 85.5 cm³/mol. The summed E-state index contributed by atoms with van der Waals surface area (Å²) in [4.78, 5) is 23.4. The number of carbonyl (C=O) groups excluding carboxylic acids is 1. The van der Waals surface area contributed by atoms with Gasteiger partial charge in [-0.05, 0) is 13.0 Å². The molecule has 0 bridgehead atoms. The molecule has 4 rings (SSSR count). The van der Waals surface area contributed by atoms with Crippen LogP contribution in [-0.2, 0) is 11.8 Å². The second-order valence-electron chi connectivity index (χ2n) is 5.91. The van der Waals surface area contributed by atoms with Crippen molar-refractivity contribution in [3.8, 4) is 0 Å². The number of nitrogens with zero attached hydrogens (tertiary/aromatic N) is 6. The number of aromatic nitrogens is 5. The Labute approximate surface area is 138 Å². The molecule has 3 aromatic heterocycles. The molecular weight excluding hydrogens is 308 g/mol. The standard InChI is InChI=1S/C16H18N6O2/c1-11-9-20(2)15(19-11)13-10-21(6-7-24-13)16(23)12-8-18-22-5-3-4-17-14(12)22/h3-5,8-9,13H,6-7,10H2,1-2H3/t13-/m0/s1. The van der Waals surface area contributed by atoms with Crippen LogP contribution in [0.4, 0.5) is 0 Å². The van der Waals surface area contributed by atoms with Gasteiger partial charge in [-0.1, -0.05) is 0 Å². The van der Waals surface area contributed by atoms with Gasteiger partial charge < -0.3 is 14.2 Å². The molecule has 4 heterocycles. The fourth-order valence-corrected chi connectivity index (χ4v) is 3.07. The number of aryl methyl sites for hydroxylation is 2. The van der Waals surface area contributed by atoms with Crippen LogP contribution in [0, 0.1) is 6.92 Å². The summed E-state index contributed by atoms with van der Waals surface area (Å²) >= 11 is 0. The van der Waals surface area contributed by atoms with E-state index in [1.54, 1.807) is 34.1 Å². The highest BCUT2D eigenvalue weighted by Crippen LogP contribution is 2.23. The Bertz CT molecular complexity index is 899. The van der Waals surface area contributed by atoms with Crippen LogP contribution in [0.1, 0.15) is 28.0 Å². The monoisotopic (exact) mass is 326 g/mol. The molecule has 124 valence electrons. The number of fused-ring (bicyclic) bond motifs is 1. The molecule has 1 saturated heterocycles. The predicted octanol–water partition coefficient (Wildman–Crippen LogP) is 0.985. The smallest absolute Gasteiger partial charge is 0.259 e. The van der Waals surface area contributed by atoms with Crippen molar-refractivity contribution in [3.63, 3.8) is 0 Å². The second kappa shape index (κ2) is 5.72. The third kappa shape index (κ3) is 2.44. The lowest BCUT2D eigenvalue weighted by molar-refractivity contribution is -0.0279. The molecule has 3 aromatic rings. The zero-order chi connectivity index (χ0) is 16.7. The van der Waals surface area contributed by atoms with Gasteiger partial charge in [0.1, 0.15) is 17.5 Å². The van der Waals surface area contributed by atoms with Gasteiger partial charge >= 0.3 is 0 Å². The number of hydrogen-bond acceptors (Lipinski definition) is 5. The van der Waals surface area contributed by atoms with E-state index in [0.717, 1.165) is 11.5 Å². The third-order valence-corrected chi connectivity index (χ3v) is 4.18. The lowest BCUT2D eigenvalue weighted by Crippen LogP contribution is -2.42. The van der Waals surface area contributed by atoms with Gasteiger partial charge in [-0.2, -0.15) is 5.10 Å². The fraction of sp³-hybridized carbons (Fsp3) is 0.375. The van der Waals surface area contributed by atoms with Gasteiger partial charge in [-0.3, -0.25) is 4.79 Å². The van der Waals surface area contributed by atoms with Crippen LogP contribution >= 0.6 is 0 Å². The molecule has 0 N–H and O–H groups in total. The van der Waals surface area contributed by atoms with E-state index in [9.17, 15) is 4.79 Å². The third-order valence-electron chi connectivity index (χ3n) is 4.18. The zero-order valence-corrected chi connectivity index (χ0v) is 13.6. The molecule has 0 radical (unpaired) electrons. The van der Waals surface area contributed by atoms with Gasteiger partial charge in [-0.15, -0.1) is 0 Å². The number of rotatable bonds is 2. The van der Waals surface area contributed by atoms with Crippen molar-refractivity contribution in [2.75, 3.05) is 19.7 Å². The largest absolute Gasteiger partial charge is 0.367 e. The van der Waals surface area contributed by atoms with Crippen molar-refractivity contribution in [1.82, 2.24) is 29.0 Å². The van der Waals surface area contributed by atoms with Crippen LogP contribution < -0.4 is 0 Å². The highest BCUT2D eigenvalue weighted by Gasteiger charge is 2.30. The maximum absolute atomic E-state index is 12.9. The Kier molecular flexibility index (Phi) is 3.53. The van der Waals surface area contributed by atoms with Gasteiger partial charge in [0.05, 0.1) is 25.0 Å². The van der Waals surface area contributed by atoms with Crippen LogP contribution in [-0.4, -0.2) is 54.7 Å². The van der Waals surface area contributed by atoms with Crippen molar-refractivity contribution in [1.29, 1.82) is 0 Å². The van der Waals surface area contributed by atoms with Gasteiger partial charge in [0.25, 0.3) is 5.91 Å². The van der Waals surface area contributed by atoms with E-state index in [1.807, 2.05) is 24.7 Å². The number of imidazole rings is 1. The molecule has 8 heteroatoms. The topological polar surface area (TPSA) is 77.6 Å². The van der Waals surface area contributed by atoms with Crippen molar-refractivity contribution in [2.45, 2.75) is 13.0 Å². The van der Waals surface area contributed by atoms with Crippen molar-refractivity contribution < 1.29 is 9.53 Å². The summed E-state index contributed by atoms with van der Waals surface area (Å²) in [5, 5.41) is 4.19. The molecular formula is C16H18N6O2. The van der Waals surface area contributed by atoms with Crippen LogP contribution in [0.5, 0.6) is 0 Å². The summed E-state index contributed by atoms with van der Waals surface area (Å²) in [6.45, 7) is 3.44.